The Bertz CT molecular complexity index is 588. The Morgan fingerprint density at radius 1 is 1.24 bits per heavy atom. The van der Waals surface area contributed by atoms with Crippen LogP contribution >= 0.6 is 0 Å². The number of hydrogen-bond acceptors (Lipinski definition) is 3. The van der Waals surface area contributed by atoms with Gasteiger partial charge in [0.05, 0.1) is 6.04 Å². The number of halogens is 1. The van der Waals surface area contributed by atoms with Gasteiger partial charge in [-0.1, -0.05) is 24.3 Å². The normalized spacial score (nSPS) is 23.1. The summed E-state index contributed by atoms with van der Waals surface area (Å²) in [7, 11) is 0. The molecule has 2 N–H and O–H groups in total. The Morgan fingerprint density at radius 3 is 2.86 bits per heavy atom. The third-order valence-electron chi connectivity index (χ3n) is 4.11. The molecule has 0 saturated carbocycles. The number of aromatic nitrogens is 1. The maximum atomic E-state index is 14.2. The van der Waals surface area contributed by atoms with Crippen LogP contribution in [0.2, 0.25) is 0 Å². The summed E-state index contributed by atoms with van der Waals surface area (Å²) in [4.78, 5) is 6.42. The highest BCUT2D eigenvalue weighted by Gasteiger charge is 2.31. The molecular formula is C17H20FN3. The SMILES string of the molecule is N[C@@H]1CCCN(Cc2cccnc2)[C@H]1c1ccccc1F. The van der Waals surface area contributed by atoms with Gasteiger partial charge in [0.15, 0.2) is 0 Å². The standard InChI is InChI=1S/C17H20FN3/c18-15-7-2-1-6-14(15)17-16(19)8-4-10-21(17)12-13-5-3-9-20-11-13/h1-3,5-7,9,11,16-17H,4,8,10,12,19H2/t16-,17+/m1/s1. The summed E-state index contributed by atoms with van der Waals surface area (Å²) < 4.78 is 14.2. The lowest BCUT2D eigenvalue weighted by Crippen LogP contribution is -2.45. The lowest BCUT2D eigenvalue weighted by atomic mass is 9.90. The first-order chi connectivity index (χ1) is 10.3. The number of rotatable bonds is 3. The van der Waals surface area contributed by atoms with Gasteiger partial charge < -0.3 is 5.73 Å². The summed E-state index contributed by atoms with van der Waals surface area (Å²) in [6, 6.07) is 10.8. The minimum atomic E-state index is -0.170. The molecule has 1 fully saturated rings. The second kappa shape index (κ2) is 6.33. The summed E-state index contributed by atoms with van der Waals surface area (Å²) in [5.74, 6) is -0.170. The number of nitrogens with zero attached hydrogens (tertiary/aromatic N) is 2. The zero-order valence-electron chi connectivity index (χ0n) is 12.0. The number of piperidine rings is 1. The van der Waals surface area contributed by atoms with Crippen LogP contribution in [0.3, 0.4) is 0 Å². The largest absolute Gasteiger partial charge is 0.326 e. The van der Waals surface area contributed by atoms with E-state index in [2.05, 4.69) is 9.88 Å². The van der Waals surface area contributed by atoms with Crippen molar-refractivity contribution in [2.45, 2.75) is 31.5 Å². The van der Waals surface area contributed by atoms with E-state index in [4.69, 9.17) is 5.73 Å². The quantitative estimate of drug-likeness (QED) is 0.943. The molecule has 1 aliphatic heterocycles. The molecular weight excluding hydrogens is 265 g/mol. The first kappa shape index (κ1) is 14.2. The predicted octanol–water partition coefficient (Wildman–Crippen LogP) is 2.89. The van der Waals surface area contributed by atoms with Crippen molar-refractivity contribution in [1.29, 1.82) is 0 Å². The van der Waals surface area contributed by atoms with Crippen LogP contribution in [0.1, 0.15) is 30.0 Å². The van der Waals surface area contributed by atoms with Gasteiger partial charge in [0.2, 0.25) is 0 Å². The fourth-order valence-electron chi connectivity index (χ4n) is 3.14. The van der Waals surface area contributed by atoms with E-state index >= 15 is 0 Å². The van der Waals surface area contributed by atoms with E-state index in [1.165, 1.54) is 6.07 Å². The van der Waals surface area contributed by atoms with Crippen LogP contribution in [-0.4, -0.2) is 22.5 Å². The Morgan fingerprint density at radius 2 is 2.10 bits per heavy atom. The van der Waals surface area contributed by atoms with Gasteiger partial charge in [-0.3, -0.25) is 9.88 Å². The van der Waals surface area contributed by atoms with Crippen molar-refractivity contribution < 1.29 is 4.39 Å². The van der Waals surface area contributed by atoms with Crippen LogP contribution in [0.25, 0.3) is 0 Å². The molecule has 1 aromatic carbocycles. The van der Waals surface area contributed by atoms with Crippen molar-refractivity contribution in [2.75, 3.05) is 6.54 Å². The zero-order valence-corrected chi connectivity index (χ0v) is 12.0. The molecule has 0 aliphatic carbocycles. The van der Waals surface area contributed by atoms with Crippen LogP contribution < -0.4 is 5.73 Å². The summed E-state index contributed by atoms with van der Waals surface area (Å²) in [6.07, 6.45) is 5.60. The highest BCUT2D eigenvalue weighted by Crippen LogP contribution is 2.32. The van der Waals surface area contributed by atoms with Gasteiger partial charge >= 0.3 is 0 Å². The Balaban J connectivity index is 1.88. The van der Waals surface area contributed by atoms with Crippen LogP contribution in [0.15, 0.2) is 48.8 Å². The highest BCUT2D eigenvalue weighted by atomic mass is 19.1. The fourth-order valence-corrected chi connectivity index (χ4v) is 3.14. The van der Waals surface area contributed by atoms with Crippen molar-refractivity contribution in [2.24, 2.45) is 5.73 Å². The molecule has 2 aromatic rings. The number of nitrogens with two attached hydrogens (primary N) is 1. The molecule has 3 rings (SSSR count). The molecule has 2 atom stereocenters. The van der Waals surface area contributed by atoms with Crippen molar-refractivity contribution in [3.63, 3.8) is 0 Å². The summed E-state index contributed by atoms with van der Waals surface area (Å²) >= 11 is 0. The molecule has 2 heterocycles. The van der Waals surface area contributed by atoms with E-state index in [-0.39, 0.29) is 17.9 Å². The van der Waals surface area contributed by atoms with E-state index in [1.807, 2.05) is 30.5 Å². The first-order valence-electron chi connectivity index (χ1n) is 7.38. The van der Waals surface area contributed by atoms with Crippen LogP contribution in [0.5, 0.6) is 0 Å². The maximum absolute atomic E-state index is 14.2. The predicted molar refractivity (Wildman–Crippen MR) is 81.0 cm³/mol. The zero-order chi connectivity index (χ0) is 14.7. The number of likely N-dealkylation sites (tertiary alicyclic amines) is 1. The summed E-state index contributed by atoms with van der Waals surface area (Å²) in [6.45, 7) is 1.68. The second-order valence-corrected chi connectivity index (χ2v) is 5.60. The van der Waals surface area contributed by atoms with E-state index in [9.17, 15) is 4.39 Å². The first-order valence-corrected chi connectivity index (χ1v) is 7.38. The van der Waals surface area contributed by atoms with Crippen LogP contribution in [0.4, 0.5) is 4.39 Å². The van der Waals surface area contributed by atoms with Gasteiger partial charge in [-0.2, -0.15) is 0 Å². The topological polar surface area (TPSA) is 42.1 Å². The molecule has 4 heteroatoms. The lowest BCUT2D eigenvalue weighted by Gasteiger charge is -2.40. The Hall–Kier alpha value is -1.78. The molecule has 1 saturated heterocycles. The maximum Gasteiger partial charge on any atom is 0.128 e. The van der Waals surface area contributed by atoms with Crippen molar-refractivity contribution in [1.82, 2.24) is 9.88 Å². The Kier molecular flexibility index (Phi) is 4.27. The average Bonchev–Trinajstić information content (AvgIpc) is 2.50. The fraction of sp³-hybridized carbons (Fsp3) is 0.353. The molecule has 3 nitrogen and oxygen atoms in total. The third kappa shape index (κ3) is 3.12. The molecule has 1 aliphatic rings. The number of benzene rings is 1. The molecule has 21 heavy (non-hydrogen) atoms. The third-order valence-corrected chi connectivity index (χ3v) is 4.11. The van der Waals surface area contributed by atoms with E-state index in [0.717, 1.165) is 31.5 Å². The number of hydrogen-bond donors (Lipinski definition) is 1. The van der Waals surface area contributed by atoms with E-state index < -0.39 is 0 Å². The van der Waals surface area contributed by atoms with Gasteiger partial charge in [-0.25, -0.2) is 4.39 Å². The molecule has 0 bridgehead atoms. The molecule has 0 unspecified atom stereocenters. The van der Waals surface area contributed by atoms with Crippen molar-refractivity contribution in [3.8, 4) is 0 Å². The van der Waals surface area contributed by atoms with Gasteiger partial charge in [0.1, 0.15) is 5.82 Å². The minimum Gasteiger partial charge on any atom is -0.326 e. The van der Waals surface area contributed by atoms with Gasteiger partial charge in [0, 0.05) is 30.5 Å². The van der Waals surface area contributed by atoms with Gasteiger partial charge in [0.25, 0.3) is 0 Å². The molecule has 1 aromatic heterocycles. The molecule has 0 radical (unpaired) electrons. The van der Waals surface area contributed by atoms with Gasteiger partial charge in [-0.05, 0) is 37.1 Å². The smallest absolute Gasteiger partial charge is 0.128 e. The second-order valence-electron chi connectivity index (χ2n) is 5.60. The van der Waals surface area contributed by atoms with E-state index in [0.29, 0.717) is 5.56 Å². The Labute approximate surface area is 124 Å². The molecule has 110 valence electrons. The summed E-state index contributed by atoms with van der Waals surface area (Å²) in [5, 5.41) is 0. The summed E-state index contributed by atoms with van der Waals surface area (Å²) in [5.41, 5.74) is 8.13. The average molecular weight is 285 g/mol. The van der Waals surface area contributed by atoms with Crippen LogP contribution in [0, 0.1) is 5.82 Å². The number of pyridine rings is 1. The van der Waals surface area contributed by atoms with Crippen molar-refractivity contribution >= 4 is 0 Å². The molecule has 0 amide bonds. The lowest BCUT2D eigenvalue weighted by molar-refractivity contribution is 0.117. The molecule has 0 spiro atoms. The monoisotopic (exact) mass is 285 g/mol. The minimum absolute atomic E-state index is 0.0349. The van der Waals surface area contributed by atoms with Crippen LogP contribution in [-0.2, 0) is 6.54 Å². The highest BCUT2D eigenvalue weighted by molar-refractivity contribution is 5.24. The van der Waals surface area contributed by atoms with Crippen molar-refractivity contribution in [3.05, 3.63) is 65.7 Å². The van der Waals surface area contributed by atoms with E-state index in [1.54, 1.807) is 12.3 Å². The van der Waals surface area contributed by atoms with Gasteiger partial charge in [-0.15, -0.1) is 0 Å².